The Hall–Kier alpha value is -2.35. The molecule has 18 heavy (non-hydrogen) atoms. The van der Waals surface area contributed by atoms with Crippen LogP contribution in [0.4, 0.5) is 0 Å². The standard InChI is InChI=1S/C13H10N2O3/c14-6-8-2-1-3-9(4-8)12(16)15-7-10-5-11(15)13(17)18-10/h1-4,10-11H,5,7H2/t10-,11-/m0/s1. The zero-order valence-electron chi connectivity index (χ0n) is 9.50. The Morgan fingerprint density at radius 2 is 2.33 bits per heavy atom. The van der Waals surface area contributed by atoms with Crippen LogP contribution in [0, 0.1) is 11.3 Å². The maximum absolute atomic E-state index is 12.3. The lowest BCUT2D eigenvalue weighted by Crippen LogP contribution is -2.44. The van der Waals surface area contributed by atoms with Gasteiger partial charge in [0.05, 0.1) is 18.2 Å². The van der Waals surface area contributed by atoms with Crippen molar-refractivity contribution in [2.24, 2.45) is 0 Å². The number of likely N-dealkylation sites (tertiary alicyclic amines) is 1. The fraction of sp³-hybridized carbons (Fsp3) is 0.308. The number of hydrogen-bond acceptors (Lipinski definition) is 4. The van der Waals surface area contributed by atoms with Crippen molar-refractivity contribution in [3.63, 3.8) is 0 Å². The predicted molar refractivity (Wildman–Crippen MR) is 60.5 cm³/mol. The van der Waals surface area contributed by atoms with Crippen molar-refractivity contribution in [1.29, 1.82) is 5.26 Å². The Labute approximate surface area is 104 Å². The van der Waals surface area contributed by atoms with E-state index in [4.69, 9.17) is 10.00 Å². The van der Waals surface area contributed by atoms with E-state index in [9.17, 15) is 9.59 Å². The van der Waals surface area contributed by atoms with E-state index in [1.54, 1.807) is 24.3 Å². The summed E-state index contributed by atoms with van der Waals surface area (Å²) in [5.74, 6) is -0.535. The molecular weight excluding hydrogens is 232 g/mol. The SMILES string of the molecule is N#Cc1cccc(C(=O)N2C[C@@H]3C[C@H]2C(=O)O3)c1. The molecule has 2 heterocycles. The van der Waals surface area contributed by atoms with Crippen molar-refractivity contribution < 1.29 is 14.3 Å². The minimum Gasteiger partial charge on any atom is -0.459 e. The first-order valence-electron chi connectivity index (χ1n) is 5.70. The summed E-state index contributed by atoms with van der Waals surface area (Å²) < 4.78 is 5.04. The molecule has 2 atom stereocenters. The third kappa shape index (κ3) is 1.54. The summed E-state index contributed by atoms with van der Waals surface area (Å²) in [6.45, 7) is 0.450. The van der Waals surface area contributed by atoms with E-state index < -0.39 is 6.04 Å². The summed E-state index contributed by atoms with van der Waals surface area (Å²) in [5, 5.41) is 8.81. The van der Waals surface area contributed by atoms with Crippen LogP contribution in [0.15, 0.2) is 24.3 Å². The number of carbonyl (C=O) groups excluding carboxylic acids is 2. The quantitative estimate of drug-likeness (QED) is 0.679. The highest BCUT2D eigenvalue weighted by atomic mass is 16.6. The van der Waals surface area contributed by atoms with E-state index in [1.165, 1.54) is 4.90 Å². The molecule has 1 aromatic carbocycles. The Bertz CT molecular complexity index is 576. The van der Waals surface area contributed by atoms with Crippen LogP contribution in [0.5, 0.6) is 0 Å². The van der Waals surface area contributed by atoms with Crippen molar-refractivity contribution in [3.8, 4) is 6.07 Å². The van der Waals surface area contributed by atoms with Crippen LogP contribution in [0.1, 0.15) is 22.3 Å². The first-order valence-corrected chi connectivity index (χ1v) is 5.70. The highest BCUT2D eigenvalue weighted by molar-refractivity contribution is 5.98. The first kappa shape index (κ1) is 10.8. The van der Waals surface area contributed by atoms with Crippen LogP contribution in [0.25, 0.3) is 0 Å². The molecule has 0 aromatic heterocycles. The van der Waals surface area contributed by atoms with E-state index >= 15 is 0 Å². The topological polar surface area (TPSA) is 70.4 Å². The Morgan fingerprint density at radius 1 is 1.50 bits per heavy atom. The summed E-state index contributed by atoms with van der Waals surface area (Å²) in [4.78, 5) is 25.2. The number of nitriles is 1. The van der Waals surface area contributed by atoms with Crippen LogP contribution < -0.4 is 0 Å². The minimum atomic E-state index is -0.451. The van der Waals surface area contributed by atoms with Gasteiger partial charge in [-0.1, -0.05) is 6.07 Å². The molecule has 0 spiro atoms. The number of rotatable bonds is 1. The zero-order chi connectivity index (χ0) is 12.7. The van der Waals surface area contributed by atoms with Crippen LogP contribution in [-0.4, -0.2) is 35.5 Å². The molecule has 1 amide bonds. The van der Waals surface area contributed by atoms with Crippen molar-refractivity contribution >= 4 is 11.9 Å². The lowest BCUT2D eigenvalue weighted by molar-refractivity contribution is -0.149. The molecule has 2 aliphatic heterocycles. The number of hydrogen-bond donors (Lipinski definition) is 0. The number of carbonyl (C=O) groups is 2. The number of esters is 1. The van der Waals surface area contributed by atoms with Gasteiger partial charge in [0, 0.05) is 12.0 Å². The van der Waals surface area contributed by atoms with E-state index in [-0.39, 0.29) is 18.0 Å². The molecule has 3 rings (SSSR count). The van der Waals surface area contributed by atoms with E-state index in [0.29, 0.717) is 24.1 Å². The second-order valence-electron chi connectivity index (χ2n) is 4.46. The molecular formula is C13H10N2O3. The number of fused-ring (bicyclic) bond motifs is 2. The van der Waals surface area contributed by atoms with E-state index in [2.05, 4.69) is 0 Å². The van der Waals surface area contributed by atoms with Gasteiger partial charge in [0.25, 0.3) is 5.91 Å². The molecule has 5 nitrogen and oxygen atoms in total. The minimum absolute atomic E-state index is 0.161. The Kier molecular flexibility index (Phi) is 2.30. The summed E-state index contributed by atoms with van der Waals surface area (Å²) in [6, 6.07) is 8.04. The number of morpholine rings is 1. The van der Waals surface area contributed by atoms with Gasteiger partial charge in [-0.2, -0.15) is 5.26 Å². The molecule has 2 saturated heterocycles. The third-order valence-electron chi connectivity index (χ3n) is 3.32. The smallest absolute Gasteiger partial charge is 0.329 e. The van der Waals surface area contributed by atoms with Gasteiger partial charge in [-0.05, 0) is 18.2 Å². The average molecular weight is 242 g/mol. The van der Waals surface area contributed by atoms with Crippen molar-refractivity contribution in [2.45, 2.75) is 18.6 Å². The van der Waals surface area contributed by atoms with Gasteiger partial charge in [0.2, 0.25) is 0 Å². The second kappa shape index (κ2) is 3.84. The molecule has 90 valence electrons. The molecule has 1 aromatic rings. The highest BCUT2D eigenvalue weighted by Crippen LogP contribution is 2.30. The lowest BCUT2D eigenvalue weighted by Gasteiger charge is -2.25. The fourth-order valence-corrected chi connectivity index (χ4v) is 2.46. The third-order valence-corrected chi connectivity index (χ3v) is 3.32. The monoisotopic (exact) mass is 242 g/mol. The summed E-state index contributed by atoms with van der Waals surface area (Å²) >= 11 is 0. The van der Waals surface area contributed by atoms with Crippen LogP contribution in [0.3, 0.4) is 0 Å². The molecule has 0 radical (unpaired) electrons. The second-order valence-corrected chi connectivity index (χ2v) is 4.46. The summed E-state index contributed by atoms with van der Waals surface area (Å²) in [5.41, 5.74) is 0.877. The van der Waals surface area contributed by atoms with Crippen LogP contribution >= 0.6 is 0 Å². The summed E-state index contributed by atoms with van der Waals surface area (Å²) in [7, 11) is 0. The summed E-state index contributed by atoms with van der Waals surface area (Å²) in [6.07, 6.45) is 0.424. The Balaban J connectivity index is 1.87. The molecule has 2 fully saturated rings. The van der Waals surface area contributed by atoms with Crippen LogP contribution in [0.2, 0.25) is 0 Å². The van der Waals surface area contributed by atoms with Crippen molar-refractivity contribution in [1.82, 2.24) is 4.90 Å². The molecule has 2 bridgehead atoms. The normalized spacial score (nSPS) is 24.8. The number of benzene rings is 1. The van der Waals surface area contributed by atoms with Gasteiger partial charge in [0.15, 0.2) is 0 Å². The van der Waals surface area contributed by atoms with Gasteiger partial charge < -0.3 is 9.64 Å². The maximum Gasteiger partial charge on any atom is 0.329 e. The van der Waals surface area contributed by atoms with Gasteiger partial charge in [-0.25, -0.2) is 4.79 Å². The largest absolute Gasteiger partial charge is 0.459 e. The molecule has 0 unspecified atom stereocenters. The van der Waals surface area contributed by atoms with Gasteiger partial charge in [0.1, 0.15) is 12.1 Å². The number of amides is 1. The molecule has 0 saturated carbocycles. The Morgan fingerprint density at radius 3 is 3.00 bits per heavy atom. The lowest BCUT2D eigenvalue weighted by atomic mass is 10.1. The molecule has 0 N–H and O–H groups in total. The van der Waals surface area contributed by atoms with Gasteiger partial charge >= 0.3 is 5.97 Å². The van der Waals surface area contributed by atoms with E-state index in [0.717, 1.165) is 0 Å². The van der Waals surface area contributed by atoms with E-state index in [1.807, 2.05) is 6.07 Å². The highest BCUT2D eigenvalue weighted by Gasteiger charge is 2.48. The first-order chi connectivity index (χ1) is 8.69. The van der Waals surface area contributed by atoms with Crippen LogP contribution in [-0.2, 0) is 9.53 Å². The fourth-order valence-electron chi connectivity index (χ4n) is 2.46. The number of ether oxygens (including phenoxy) is 1. The van der Waals surface area contributed by atoms with Gasteiger partial charge in [-0.15, -0.1) is 0 Å². The zero-order valence-corrected chi connectivity index (χ0v) is 9.50. The van der Waals surface area contributed by atoms with Gasteiger partial charge in [-0.3, -0.25) is 4.79 Å². The molecule has 0 aliphatic carbocycles. The molecule has 5 heteroatoms. The van der Waals surface area contributed by atoms with Crippen molar-refractivity contribution in [3.05, 3.63) is 35.4 Å². The maximum atomic E-state index is 12.3. The molecule has 2 aliphatic rings. The van der Waals surface area contributed by atoms with Crippen molar-refractivity contribution in [2.75, 3.05) is 6.54 Å². The number of nitrogens with zero attached hydrogens (tertiary/aromatic N) is 2. The predicted octanol–water partition coefficient (Wildman–Crippen LogP) is 0.698. The average Bonchev–Trinajstić information content (AvgIpc) is 2.96.